The minimum atomic E-state index is -1.36. The van der Waals surface area contributed by atoms with Crippen molar-refractivity contribution in [2.24, 2.45) is 10.2 Å². The number of benzene rings is 1. The molecule has 2 aromatic rings. The van der Waals surface area contributed by atoms with Crippen molar-refractivity contribution in [3.05, 3.63) is 51.4 Å². The highest BCUT2D eigenvalue weighted by Gasteiger charge is 2.23. The summed E-state index contributed by atoms with van der Waals surface area (Å²) in [5, 5.41) is 10.9. The molecule has 2 rings (SSSR count). The smallest absolute Gasteiger partial charge is 0.353 e. The first-order valence-corrected chi connectivity index (χ1v) is 10.5. The molecule has 29 heavy (non-hydrogen) atoms. The quantitative estimate of drug-likeness (QED) is 0.260. The van der Waals surface area contributed by atoms with E-state index in [0.717, 1.165) is 4.88 Å². The van der Waals surface area contributed by atoms with E-state index in [4.69, 9.17) is 27.9 Å². The monoisotopic (exact) mass is 455 g/mol. The van der Waals surface area contributed by atoms with E-state index >= 15 is 0 Å². The van der Waals surface area contributed by atoms with Gasteiger partial charge >= 0.3 is 5.97 Å². The van der Waals surface area contributed by atoms with E-state index < -0.39 is 18.0 Å². The fourth-order valence-electron chi connectivity index (χ4n) is 2.29. The number of hydrogen-bond donors (Lipinski definition) is 1. The molecule has 0 fully saturated rings. The van der Waals surface area contributed by atoms with Gasteiger partial charge in [0.2, 0.25) is 12.1 Å². The fourth-order valence-corrected chi connectivity index (χ4v) is 3.51. The number of carbonyl (C=O) groups is 3. The number of aryl methyl sites for hydroxylation is 1. The van der Waals surface area contributed by atoms with Crippen molar-refractivity contribution in [2.75, 3.05) is 12.5 Å². The third-order valence-electron chi connectivity index (χ3n) is 3.67. The highest BCUT2D eigenvalue weighted by molar-refractivity contribution is 7.16. The van der Waals surface area contributed by atoms with Crippen LogP contribution in [0.2, 0.25) is 5.02 Å². The number of azo groups is 1. The molecule has 10 heteroatoms. The van der Waals surface area contributed by atoms with Crippen LogP contribution in [-0.2, 0) is 20.7 Å². The second kappa shape index (κ2) is 11.0. The molecule has 0 saturated heterocycles. The summed E-state index contributed by atoms with van der Waals surface area (Å²) in [6, 6.07) is 8.42. The van der Waals surface area contributed by atoms with Gasteiger partial charge in [0, 0.05) is 10.4 Å². The van der Waals surface area contributed by atoms with E-state index in [1.165, 1.54) is 11.3 Å². The lowest BCUT2D eigenvalue weighted by atomic mass is 10.0. The molecule has 1 unspecified atom stereocenters. The molecule has 0 aliphatic heterocycles. The Labute approximate surface area is 182 Å². The highest BCUT2D eigenvalue weighted by atomic mass is 35.5. The van der Waals surface area contributed by atoms with Crippen LogP contribution in [0.5, 0.6) is 0 Å². The number of thiophene rings is 1. The number of alkyl halides is 1. The SMILES string of the molecule is CCOC(=O)C(N=Nc1sc(CC)cc1C(=O)c1ccccc1Cl)NC(=O)CCl. The van der Waals surface area contributed by atoms with Gasteiger partial charge in [0.15, 0.2) is 5.78 Å². The van der Waals surface area contributed by atoms with Crippen LogP contribution in [0.15, 0.2) is 40.6 Å². The van der Waals surface area contributed by atoms with Gasteiger partial charge in [0.1, 0.15) is 10.9 Å². The Kier molecular flexibility index (Phi) is 8.75. The van der Waals surface area contributed by atoms with Crippen LogP contribution in [0.25, 0.3) is 0 Å². The molecule has 0 aliphatic carbocycles. The van der Waals surface area contributed by atoms with Crippen LogP contribution in [0.4, 0.5) is 5.00 Å². The molecule has 0 bridgehead atoms. The summed E-state index contributed by atoms with van der Waals surface area (Å²) in [6.45, 7) is 3.68. The summed E-state index contributed by atoms with van der Waals surface area (Å²) in [4.78, 5) is 37.5. The zero-order valence-electron chi connectivity index (χ0n) is 15.8. The molecule has 0 radical (unpaired) electrons. The van der Waals surface area contributed by atoms with Gasteiger partial charge in [0.25, 0.3) is 0 Å². The maximum atomic E-state index is 13.0. The first-order valence-electron chi connectivity index (χ1n) is 8.75. The standard InChI is InChI=1S/C19H19Cl2N3O4S/c1-3-11-9-13(16(26)12-7-5-6-8-14(12)21)18(29-11)24-23-17(19(27)28-4-2)22-15(25)10-20/h5-9,17H,3-4,10H2,1-2H3,(H,22,25). The molecule has 1 atom stereocenters. The Balaban J connectivity index is 2.38. The molecular weight excluding hydrogens is 437 g/mol. The van der Waals surface area contributed by atoms with Crippen molar-refractivity contribution in [2.45, 2.75) is 26.4 Å². The third-order valence-corrected chi connectivity index (χ3v) is 5.40. The summed E-state index contributed by atoms with van der Waals surface area (Å²) < 4.78 is 4.90. The summed E-state index contributed by atoms with van der Waals surface area (Å²) in [6.07, 6.45) is -0.676. The van der Waals surface area contributed by atoms with Crippen LogP contribution >= 0.6 is 34.5 Å². The Hall–Kier alpha value is -2.29. The van der Waals surface area contributed by atoms with Gasteiger partial charge in [-0.1, -0.05) is 30.7 Å². The number of ether oxygens (including phenoxy) is 1. The van der Waals surface area contributed by atoms with E-state index in [9.17, 15) is 14.4 Å². The number of amides is 1. The second-order valence-corrected chi connectivity index (χ2v) is 7.45. The number of nitrogens with zero attached hydrogens (tertiary/aromatic N) is 2. The zero-order chi connectivity index (χ0) is 21.4. The molecule has 1 heterocycles. The summed E-state index contributed by atoms with van der Waals surface area (Å²) in [5.74, 6) is -2.03. The number of ketones is 1. The Morgan fingerprint density at radius 2 is 1.93 bits per heavy atom. The van der Waals surface area contributed by atoms with Gasteiger partial charge in [-0.3, -0.25) is 9.59 Å². The zero-order valence-corrected chi connectivity index (χ0v) is 18.1. The van der Waals surface area contributed by atoms with Crippen LogP contribution in [0.3, 0.4) is 0 Å². The third kappa shape index (κ3) is 6.09. The summed E-state index contributed by atoms with van der Waals surface area (Å²) in [5.41, 5.74) is 0.651. The number of esters is 1. The molecule has 1 N–H and O–H groups in total. The molecule has 0 saturated carbocycles. The molecule has 7 nitrogen and oxygen atoms in total. The Morgan fingerprint density at radius 3 is 2.55 bits per heavy atom. The summed E-state index contributed by atoms with van der Waals surface area (Å²) >= 11 is 12.9. The molecule has 154 valence electrons. The first kappa shape index (κ1) is 23.0. The lowest BCUT2D eigenvalue weighted by molar-refractivity contribution is -0.147. The van der Waals surface area contributed by atoms with Crippen LogP contribution in [-0.4, -0.2) is 36.3 Å². The number of rotatable bonds is 9. The van der Waals surface area contributed by atoms with Crippen molar-refractivity contribution >= 4 is 57.2 Å². The number of nitrogens with one attached hydrogen (secondary N) is 1. The predicted octanol–water partition coefficient (Wildman–Crippen LogP) is 4.52. The molecule has 0 aliphatic rings. The van der Waals surface area contributed by atoms with E-state index in [-0.39, 0.29) is 18.3 Å². The maximum Gasteiger partial charge on any atom is 0.353 e. The first-order chi connectivity index (χ1) is 13.9. The molecule has 0 spiro atoms. The van der Waals surface area contributed by atoms with Crippen LogP contribution in [0.1, 0.15) is 34.6 Å². The number of hydrogen-bond acceptors (Lipinski definition) is 7. The van der Waals surface area contributed by atoms with Crippen molar-refractivity contribution < 1.29 is 19.1 Å². The molecule has 1 aromatic heterocycles. The Bertz CT molecular complexity index is 930. The van der Waals surface area contributed by atoms with Crippen molar-refractivity contribution in [3.8, 4) is 0 Å². The highest BCUT2D eigenvalue weighted by Crippen LogP contribution is 2.34. The molecular formula is C19H19Cl2N3O4S. The summed E-state index contributed by atoms with van der Waals surface area (Å²) in [7, 11) is 0. The van der Waals surface area contributed by atoms with Gasteiger partial charge < -0.3 is 10.1 Å². The van der Waals surface area contributed by atoms with Gasteiger partial charge in [-0.2, -0.15) is 5.11 Å². The average Bonchev–Trinajstić information content (AvgIpc) is 3.14. The lowest BCUT2D eigenvalue weighted by Crippen LogP contribution is -2.40. The van der Waals surface area contributed by atoms with Gasteiger partial charge in [-0.25, -0.2) is 4.79 Å². The van der Waals surface area contributed by atoms with E-state index in [2.05, 4.69) is 15.5 Å². The Morgan fingerprint density at radius 1 is 1.21 bits per heavy atom. The van der Waals surface area contributed by atoms with Crippen LogP contribution in [0, 0.1) is 0 Å². The van der Waals surface area contributed by atoms with E-state index in [0.29, 0.717) is 27.6 Å². The van der Waals surface area contributed by atoms with Crippen molar-refractivity contribution in [1.82, 2.24) is 5.32 Å². The minimum Gasteiger partial charge on any atom is -0.463 e. The van der Waals surface area contributed by atoms with Gasteiger partial charge in [-0.05, 0) is 31.5 Å². The number of halogens is 2. The van der Waals surface area contributed by atoms with E-state index in [1.807, 2.05) is 6.92 Å². The second-order valence-electron chi connectivity index (χ2n) is 5.67. The largest absolute Gasteiger partial charge is 0.463 e. The van der Waals surface area contributed by atoms with Crippen molar-refractivity contribution in [3.63, 3.8) is 0 Å². The topological polar surface area (TPSA) is 97.2 Å². The maximum absolute atomic E-state index is 13.0. The van der Waals surface area contributed by atoms with E-state index in [1.54, 1.807) is 37.3 Å². The van der Waals surface area contributed by atoms with Crippen LogP contribution < -0.4 is 5.32 Å². The van der Waals surface area contributed by atoms with Gasteiger partial charge in [-0.15, -0.1) is 28.1 Å². The number of carbonyl (C=O) groups excluding carboxylic acids is 3. The normalized spacial score (nSPS) is 12.0. The molecule has 1 aromatic carbocycles. The van der Waals surface area contributed by atoms with Crippen molar-refractivity contribution in [1.29, 1.82) is 0 Å². The average molecular weight is 456 g/mol. The minimum absolute atomic E-state index is 0.108. The predicted molar refractivity (Wildman–Crippen MR) is 112 cm³/mol. The lowest BCUT2D eigenvalue weighted by Gasteiger charge is -2.11. The van der Waals surface area contributed by atoms with Gasteiger partial charge in [0.05, 0.1) is 17.2 Å². The fraction of sp³-hybridized carbons (Fsp3) is 0.316. The molecule has 1 amide bonds.